The van der Waals surface area contributed by atoms with E-state index in [9.17, 15) is 0 Å². The number of hydrogen-bond donors (Lipinski definition) is 0. The summed E-state index contributed by atoms with van der Waals surface area (Å²) in [6, 6.07) is 8.39. The average Bonchev–Trinajstić information content (AvgIpc) is 2.71. The molecule has 0 amide bonds. The van der Waals surface area contributed by atoms with Crippen LogP contribution in [0, 0.1) is 5.92 Å². The van der Waals surface area contributed by atoms with Crippen LogP contribution in [-0.2, 0) is 6.54 Å². The van der Waals surface area contributed by atoms with Crippen molar-refractivity contribution < 1.29 is 4.74 Å². The van der Waals surface area contributed by atoms with Crippen LogP contribution in [0.15, 0.2) is 30.5 Å². The topological polar surface area (TPSA) is 14.2 Å². The van der Waals surface area contributed by atoms with Gasteiger partial charge in [0.2, 0.25) is 0 Å². The van der Waals surface area contributed by atoms with Crippen molar-refractivity contribution in [2.75, 3.05) is 7.11 Å². The van der Waals surface area contributed by atoms with Gasteiger partial charge in [0.15, 0.2) is 0 Å². The van der Waals surface area contributed by atoms with E-state index in [0.717, 1.165) is 12.3 Å². The van der Waals surface area contributed by atoms with Crippen molar-refractivity contribution in [1.82, 2.24) is 4.57 Å². The van der Waals surface area contributed by atoms with E-state index in [-0.39, 0.29) is 0 Å². The van der Waals surface area contributed by atoms with Crippen molar-refractivity contribution in [3.63, 3.8) is 0 Å². The van der Waals surface area contributed by atoms with Gasteiger partial charge in [-0.25, -0.2) is 0 Å². The van der Waals surface area contributed by atoms with Crippen LogP contribution in [0.2, 0.25) is 0 Å². The highest BCUT2D eigenvalue weighted by atomic mass is 16.5. The average molecular weight is 217 g/mol. The van der Waals surface area contributed by atoms with E-state index in [4.69, 9.17) is 4.74 Å². The third kappa shape index (κ3) is 2.06. The molecule has 1 unspecified atom stereocenters. The second-order valence-corrected chi connectivity index (χ2v) is 4.41. The van der Waals surface area contributed by atoms with Gasteiger partial charge in [0, 0.05) is 18.8 Å². The molecule has 0 aliphatic rings. The Labute approximate surface area is 96.8 Å². The van der Waals surface area contributed by atoms with Crippen LogP contribution in [0.4, 0.5) is 0 Å². The second kappa shape index (κ2) is 4.60. The summed E-state index contributed by atoms with van der Waals surface area (Å²) in [5, 5.41) is 1.28. The summed E-state index contributed by atoms with van der Waals surface area (Å²) in [6.07, 6.45) is 3.37. The Morgan fingerprint density at radius 2 is 2.12 bits per heavy atom. The predicted octanol–water partition coefficient (Wildman–Crippen LogP) is 3.70. The molecule has 2 aromatic rings. The van der Waals surface area contributed by atoms with E-state index in [0.29, 0.717) is 5.92 Å². The Hall–Kier alpha value is -1.44. The number of methoxy groups -OCH3 is 1. The van der Waals surface area contributed by atoms with Crippen LogP contribution >= 0.6 is 0 Å². The van der Waals surface area contributed by atoms with E-state index < -0.39 is 0 Å². The van der Waals surface area contributed by atoms with Crippen LogP contribution in [0.25, 0.3) is 10.9 Å². The highest BCUT2D eigenvalue weighted by Crippen LogP contribution is 2.22. The highest BCUT2D eigenvalue weighted by Gasteiger charge is 2.05. The van der Waals surface area contributed by atoms with E-state index in [1.165, 1.54) is 17.3 Å². The van der Waals surface area contributed by atoms with Crippen LogP contribution in [0.3, 0.4) is 0 Å². The van der Waals surface area contributed by atoms with Gasteiger partial charge in [0.25, 0.3) is 0 Å². The molecule has 0 aliphatic carbocycles. The van der Waals surface area contributed by atoms with Gasteiger partial charge in [0.1, 0.15) is 5.75 Å². The smallest absolute Gasteiger partial charge is 0.120 e. The zero-order valence-corrected chi connectivity index (χ0v) is 10.2. The third-order valence-corrected chi connectivity index (χ3v) is 3.19. The minimum atomic E-state index is 0.710. The van der Waals surface area contributed by atoms with Crippen molar-refractivity contribution in [2.45, 2.75) is 26.8 Å². The largest absolute Gasteiger partial charge is 0.497 e. The number of ether oxygens (including phenoxy) is 1. The summed E-state index contributed by atoms with van der Waals surface area (Å²) in [4.78, 5) is 0. The molecule has 0 aliphatic heterocycles. The minimum Gasteiger partial charge on any atom is -0.497 e. The summed E-state index contributed by atoms with van der Waals surface area (Å²) >= 11 is 0. The summed E-state index contributed by atoms with van der Waals surface area (Å²) in [5.41, 5.74) is 1.26. The van der Waals surface area contributed by atoms with Gasteiger partial charge in [-0.1, -0.05) is 20.3 Å². The van der Waals surface area contributed by atoms with E-state index in [2.05, 4.69) is 42.8 Å². The lowest BCUT2D eigenvalue weighted by Crippen LogP contribution is -2.05. The molecule has 1 aromatic heterocycles. The number of fused-ring (bicyclic) bond motifs is 1. The monoisotopic (exact) mass is 217 g/mol. The number of aromatic nitrogens is 1. The molecule has 2 rings (SSSR count). The van der Waals surface area contributed by atoms with E-state index >= 15 is 0 Å². The van der Waals surface area contributed by atoms with E-state index in [1.807, 2.05) is 6.07 Å². The van der Waals surface area contributed by atoms with Gasteiger partial charge in [-0.2, -0.15) is 0 Å². The Morgan fingerprint density at radius 3 is 2.81 bits per heavy atom. The van der Waals surface area contributed by atoms with Gasteiger partial charge < -0.3 is 9.30 Å². The maximum atomic E-state index is 5.26. The standard InChI is InChI=1S/C14H19NO/c1-4-11(2)10-15-8-7-12-5-6-13(16-3)9-14(12)15/h5-9,11H,4,10H2,1-3H3. The summed E-state index contributed by atoms with van der Waals surface area (Å²) < 4.78 is 7.58. The van der Waals surface area contributed by atoms with Gasteiger partial charge in [0.05, 0.1) is 12.6 Å². The number of nitrogens with zero attached hydrogens (tertiary/aromatic N) is 1. The van der Waals surface area contributed by atoms with Gasteiger partial charge in [-0.05, 0) is 29.5 Å². The molecule has 0 N–H and O–H groups in total. The molecule has 1 aromatic carbocycles. The van der Waals surface area contributed by atoms with Crippen molar-refractivity contribution in [2.24, 2.45) is 5.92 Å². The van der Waals surface area contributed by atoms with Crippen molar-refractivity contribution >= 4 is 10.9 Å². The molecule has 16 heavy (non-hydrogen) atoms. The summed E-state index contributed by atoms with van der Waals surface area (Å²) in [6.45, 7) is 5.59. The third-order valence-electron chi connectivity index (χ3n) is 3.19. The van der Waals surface area contributed by atoms with Crippen molar-refractivity contribution in [3.05, 3.63) is 30.5 Å². The maximum absolute atomic E-state index is 5.26. The number of hydrogen-bond acceptors (Lipinski definition) is 1. The fourth-order valence-electron chi connectivity index (χ4n) is 1.91. The lowest BCUT2D eigenvalue weighted by molar-refractivity contribution is 0.415. The lowest BCUT2D eigenvalue weighted by Gasteiger charge is -2.11. The van der Waals surface area contributed by atoms with Crippen LogP contribution < -0.4 is 4.74 Å². The zero-order chi connectivity index (χ0) is 11.5. The molecular weight excluding hydrogens is 198 g/mol. The zero-order valence-electron chi connectivity index (χ0n) is 10.2. The molecule has 0 saturated carbocycles. The van der Waals surface area contributed by atoms with Gasteiger partial charge >= 0.3 is 0 Å². The van der Waals surface area contributed by atoms with E-state index in [1.54, 1.807) is 7.11 Å². The Bertz CT molecular complexity index is 473. The first-order chi connectivity index (χ1) is 7.74. The van der Waals surface area contributed by atoms with Crippen molar-refractivity contribution in [1.29, 1.82) is 0 Å². The Balaban J connectivity index is 2.38. The second-order valence-electron chi connectivity index (χ2n) is 4.41. The molecular formula is C14H19NO. The molecule has 86 valence electrons. The molecule has 1 heterocycles. The van der Waals surface area contributed by atoms with Crippen LogP contribution in [0.5, 0.6) is 5.75 Å². The Morgan fingerprint density at radius 1 is 1.31 bits per heavy atom. The SMILES string of the molecule is CCC(C)Cn1ccc2ccc(OC)cc21. The first-order valence-electron chi connectivity index (χ1n) is 5.87. The molecule has 2 nitrogen and oxygen atoms in total. The number of rotatable bonds is 4. The van der Waals surface area contributed by atoms with Crippen LogP contribution in [0.1, 0.15) is 20.3 Å². The van der Waals surface area contributed by atoms with Gasteiger partial charge in [-0.3, -0.25) is 0 Å². The summed E-state index contributed by atoms with van der Waals surface area (Å²) in [7, 11) is 1.71. The lowest BCUT2D eigenvalue weighted by atomic mass is 10.1. The first-order valence-corrected chi connectivity index (χ1v) is 5.87. The molecule has 0 radical (unpaired) electrons. The molecule has 0 bridgehead atoms. The molecule has 0 fully saturated rings. The predicted molar refractivity (Wildman–Crippen MR) is 67.9 cm³/mol. The molecule has 2 heteroatoms. The Kier molecular flexibility index (Phi) is 3.18. The molecule has 0 saturated heterocycles. The first kappa shape index (κ1) is 11.1. The van der Waals surface area contributed by atoms with Gasteiger partial charge in [-0.15, -0.1) is 0 Å². The normalized spacial score (nSPS) is 12.9. The fourth-order valence-corrected chi connectivity index (χ4v) is 1.91. The molecule has 1 atom stereocenters. The molecule has 0 spiro atoms. The quantitative estimate of drug-likeness (QED) is 0.761. The highest BCUT2D eigenvalue weighted by molar-refractivity contribution is 5.81. The fraction of sp³-hybridized carbons (Fsp3) is 0.429. The van der Waals surface area contributed by atoms with Crippen LogP contribution in [-0.4, -0.2) is 11.7 Å². The minimum absolute atomic E-state index is 0.710. The summed E-state index contributed by atoms with van der Waals surface area (Å²) in [5.74, 6) is 1.64. The number of benzene rings is 1. The van der Waals surface area contributed by atoms with Crippen molar-refractivity contribution in [3.8, 4) is 5.75 Å². The maximum Gasteiger partial charge on any atom is 0.120 e.